The van der Waals surface area contributed by atoms with Crippen molar-refractivity contribution in [1.29, 1.82) is 0 Å². The van der Waals surface area contributed by atoms with Gasteiger partial charge >= 0.3 is 5.97 Å². The van der Waals surface area contributed by atoms with Gasteiger partial charge in [0.2, 0.25) is 9.84 Å². The number of rotatable bonds is 8. The molecule has 0 heterocycles. The maximum absolute atomic E-state index is 15.5. The zero-order chi connectivity index (χ0) is 24.1. The second-order valence-electron chi connectivity index (χ2n) is 10.7. The average Bonchev–Trinajstić information content (AvgIpc) is 2.78. The van der Waals surface area contributed by atoms with Crippen molar-refractivity contribution < 1.29 is 22.7 Å². The van der Waals surface area contributed by atoms with E-state index in [1.165, 1.54) is 43.2 Å². The van der Waals surface area contributed by atoms with E-state index in [0.29, 0.717) is 34.8 Å². The van der Waals surface area contributed by atoms with Crippen LogP contribution in [0.5, 0.6) is 0 Å². The number of benzene rings is 2. The number of hydrogen-bond donors (Lipinski definition) is 1. The van der Waals surface area contributed by atoms with Gasteiger partial charge in [0.15, 0.2) is 0 Å². The molecule has 4 fully saturated rings. The molecular formula is C27H31FO4S2. The minimum absolute atomic E-state index is 0.0113. The van der Waals surface area contributed by atoms with E-state index in [4.69, 9.17) is 5.11 Å². The smallest absolute Gasteiger partial charge is 0.307 e. The molecule has 2 aromatic carbocycles. The van der Waals surface area contributed by atoms with Gasteiger partial charge in [-0.3, -0.25) is 4.79 Å². The minimum Gasteiger partial charge on any atom is -0.481 e. The number of sulfone groups is 1. The van der Waals surface area contributed by atoms with Crippen LogP contribution in [0.4, 0.5) is 4.39 Å². The largest absolute Gasteiger partial charge is 0.481 e. The number of carboxylic acid groups (broad SMARTS) is 1. The number of hydrogen-bond acceptors (Lipinski definition) is 4. The number of thioether (sulfide) groups is 1. The Kier molecular flexibility index (Phi) is 6.30. The van der Waals surface area contributed by atoms with E-state index in [0.717, 1.165) is 24.8 Å². The van der Waals surface area contributed by atoms with Crippen molar-refractivity contribution >= 4 is 27.6 Å². The molecule has 1 atom stereocenters. The fraction of sp³-hybridized carbons (Fsp3) is 0.519. The van der Waals surface area contributed by atoms with Crippen LogP contribution in [0.3, 0.4) is 0 Å². The monoisotopic (exact) mass is 502 g/mol. The highest BCUT2D eigenvalue weighted by molar-refractivity contribution is 7.98. The Morgan fingerprint density at radius 2 is 1.68 bits per heavy atom. The van der Waals surface area contributed by atoms with Gasteiger partial charge in [-0.2, -0.15) is 11.8 Å². The Labute approximate surface area is 205 Å². The summed E-state index contributed by atoms with van der Waals surface area (Å²) >= 11 is 1.45. The molecule has 6 rings (SSSR count). The molecule has 0 saturated heterocycles. The van der Waals surface area contributed by atoms with Crippen molar-refractivity contribution in [3.63, 3.8) is 0 Å². The van der Waals surface area contributed by atoms with Crippen molar-refractivity contribution in [1.82, 2.24) is 0 Å². The van der Waals surface area contributed by atoms with Gasteiger partial charge in [0, 0.05) is 11.5 Å². The van der Waals surface area contributed by atoms with Crippen molar-refractivity contribution in [3.8, 4) is 0 Å². The van der Waals surface area contributed by atoms with Crippen LogP contribution in [0.2, 0.25) is 0 Å². The molecule has 2 aromatic rings. The summed E-state index contributed by atoms with van der Waals surface area (Å²) in [5, 5.41) is 9.02. The highest BCUT2D eigenvalue weighted by Gasteiger charge is 2.52. The molecule has 34 heavy (non-hydrogen) atoms. The molecule has 0 amide bonds. The van der Waals surface area contributed by atoms with Gasteiger partial charge in [0.25, 0.3) is 0 Å². The first-order valence-electron chi connectivity index (χ1n) is 12.1. The van der Waals surface area contributed by atoms with Gasteiger partial charge in [-0.1, -0.05) is 25.1 Å². The molecule has 0 radical (unpaired) electrons. The Hall–Kier alpha value is -1.86. The molecule has 1 N–H and O–H groups in total. The Bertz CT molecular complexity index is 1170. The van der Waals surface area contributed by atoms with E-state index in [-0.39, 0.29) is 15.2 Å². The average molecular weight is 503 g/mol. The van der Waals surface area contributed by atoms with Gasteiger partial charge in [-0.15, -0.1) is 0 Å². The van der Waals surface area contributed by atoms with E-state index < -0.39 is 27.5 Å². The van der Waals surface area contributed by atoms with Crippen LogP contribution in [0.25, 0.3) is 0 Å². The number of carbonyl (C=O) groups is 1. The Morgan fingerprint density at radius 1 is 1.06 bits per heavy atom. The predicted molar refractivity (Wildman–Crippen MR) is 131 cm³/mol. The van der Waals surface area contributed by atoms with Crippen LogP contribution < -0.4 is 0 Å². The van der Waals surface area contributed by atoms with Gasteiger partial charge in [0.05, 0.1) is 15.7 Å². The first-order valence-corrected chi connectivity index (χ1v) is 14.7. The van der Waals surface area contributed by atoms with Crippen LogP contribution in [0.1, 0.15) is 56.6 Å². The quantitative estimate of drug-likeness (QED) is 0.474. The molecule has 182 valence electrons. The third-order valence-electron chi connectivity index (χ3n) is 8.13. The van der Waals surface area contributed by atoms with Crippen LogP contribution in [0, 0.1) is 29.5 Å². The number of halogens is 1. The topological polar surface area (TPSA) is 71.4 Å². The third kappa shape index (κ3) is 4.41. The molecule has 1 unspecified atom stereocenters. The molecule has 7 heteroatoms. The SMILES string of the molecule is CC(CSCc1cccc(S(=O)(=O)c2ccc(C34CC5CC(CC(C5)C3)C4)c(F)c2)c1)C(=O)O. The maximum atomic E-state index is 15.5. The van der Waals surface area contributed by atoms with Gasteiger partial charge in [-0.25, -0.2) is 12.8 Å². The zero-order valence-corrected chi connectivity index (χ0v) is 21.0. The van der Waals surface area contributed by atoms with Crippen LogP contribution in [0.15, 0.2) is 52.3 Å². The second kappa shape index (κ2) is 8.98. The summed E-state index contributed by atoms with van der Waals surface area (Å²) in [6, 6.07) is 11.2. The number of carboxylic acids is 1. The summed E-state index contributed by atoms with van der Waals surface area (Å²) < 4.78 is 42.1. The Balaban J connectivity index is 1.36. The molecule has 4 nitrogen and oxygen atoms in total. The van der Waals surface area contributed by atoms with E-state index in [9.17, 15) is 13.2 Å². The standard InChI is InChI=1S/C27H31FO4S2/c1-17(26(29)30)15-33-16-18-3-2-4-22(10-18)34(31,32)23-5-6-24(25(28)11-23)27-12-19-7-20(13-27)9-21(8-19)14-27/h2-6,10-11,17,19-21H,7-9,12-16H2,1H3,(H,29,30). The van der Waals surface area contributed by atoms with E-state index in [2.05, 4.69) is 0 Å². The first kappa shape index (κ1) is 23.9. The lowest BCUT2D eigenvalue weighted by molar-refractivity contribution is -0.140. The van der Waals surface area contributed by atoms with Crippen LogP contribution in [-0.2, 0) is 25.8 Å². The van der Waals surface area contributed by atoms with Crippen LogP contribution >= 0.6 is 11.8 Å². The van der Waals surface area contributed by atoms with Crippen molar-refractivity contribution in [2.75, 3.05) is 5.75 Å². The summed E-state index contributed by atoms with van der Waals surface area (Å²) in [5.74, 6) is 1.32. The van der Waals surface area contributed by atoms with E-state index >= 15 is 4.39 Å². The minimum atomic E-state index is -3.85. The second-order valence-corrected chi connectivity index (χ2v) is 13.7. The molecule has 4 saturated carbocycles. The predicted octanol–water partition coefficient (Wildman–Crippen LogP) is 6.08. The van der Waals surface area contributed by atoms with Crippen LogP contribution in [-0.4, -0.2) is 25.2 Å². The molecule has 0 spiro atoms. The molecule has 4 bridgehead atoms. The third-order valence-corrected chi connectivity index (χ3v) is 11.1. The lowest BCUT2D eigenvalue weighted by Crippen LogP contribution is -2.48. The Morgan fingerprint density at radius 3 is 2.26 bits per heavy atom. The molecule has 0 aromatic heterocycles. The molecule has 4 aliphatic carbocycles. The maximum Gasteiger partial charge on any atom is 0.307 e. The summed E-state index contributed by atoms with van der Waals surface area (Å²) in [7, 11) is -3.85. The summed E-state index contributed by atoms with van der Waals surface area (Å²) in [5.41, 5.74) is 1.39. The van der Waals surface area contributed by atoms with Gasteiger partial charge < -0.3 is 5.11 Å². The van der Waals surface area contributed by atoms with Crippen molar-refractivity contribution in [3.05, 3.63) is 59.4 Å². The lowest BCUT2D eigenvalue weighted by Gasteiger charge is -2.57. The summed E-state index contributed by atoms with van der Waals surface area (Å²) in [4.78, 5) is 11.1. The first-order chi connectivity index (χ1) is 16.2. The molecular weight excluding hydrogens is 471 g/mol. The van der Waals surface area contributed by atoms with E-state index in [1.54, 1.807) is 31.2 Å². The van der Waals surface area contributed by atoms with Crippen molar-refractivity contribution in [2.45, 2.75) is 66.4 Å². The van der Waals surface area contributed by atoms with Crippen molar-refractivity contribution in [2.24, 2.45) is 23.7 Å². The number of aliphatic carboxylic acids is 1. The fourth-order valence-corrected chi connectivity index (χ4v) is 9.27. The van der Waals surface area contributed by atoms with Gasteiger partial charge in [-0.05, 0) is 97.1 Å². The summed E-state index contributed by atoms with van der Waals surface area (Å²) in [6.07, 6.45) is 6.91. The highest BCUT2D eigenvalue weighted by atomic mass is 32.2. The lowest BCUT2D eigenvalue weighted by atomic mass is 9.48. The fourth-order valence-electron chi connectivity index (χ4n) is 6.90. The van der Waals surface area contributed by atoms with E-state index in [1.807, 2.05) is 6.07 Å². The molecule has 4 aliphatic rings. The summed E-state index contributed by atoms with van der Waals surface area (Å²) in [6.45, 7) is 1.65. The van der Waals surface area contributed by atoms with Gasteiger partial charge in [0.1, 0.15) is 5.82 Å². The highest BCUT2D eigenvalue weighted by Crippen LogP contribution is 2.61. The normalized spacial score (nSPS) is 28.7. The zero-order valence-electron chi connectivity index (χ0n) is 19.4. The molecule has 0 aliphatic heterocycles.